The molecule has 0 amide bonds. The molecular weight excluding hydrogens is 593 g/mol. The number of hydrogen-bond acceptors (Lipinski definition) is 1. The van der Waals surface area contributed by atoms with Gasteiger partial charge in [-0.1, -0.05) is 164 Å². The van der Waals surface area contributed by atoms with Crippen LogP contribution in [0.15, 0.2) is 186 Å². The SMILES string of the molecule is c1ccc(-c2ccc(-c3c4ccccc4c(-c4cccc(-c5cccc6c5ccc5c7ccccc7oc65)c4)c4ccccc34)cc2)cc1. The zero-order chi connectivity index (χ0) is 32.3. The van der Waals surface area contributed by atoms with Gasteiger partial charge in [0.25, 0.3) is 0 Å². The van der Waals surface area contributed by atoms with Crippen molar-refractivity contribution in [3.8, 4) is 44.5 Å². The Morgan fingerprint density at radius 1 is 0.265 bits per heavy atom. The molecule has 0 fully saturated rings. The van der Waals surface area contributed by atoms with Crippen molar-refractivity contribution in [2.45, 2.75) is 0 Å². The predicted molar refractivity (Wildman–Crippen MR) is 208 cm³/mol. The third kappa shape index (κ3) is 4.40. The summed E-state index contributed by atoms with van der Waals surface area (Å²) >= 11 is 0. The van der Waals surface area contributed by atoms with E-state index >= 15 is 0 Å². The molecule has 0 N–H and O–H groups in total. The van der Waals surface area contributed by atoms with Crippen molar-refractivity contribution >= 4 is 54.3 Å². The highest BCUT2D eigenvalue weighted by Crippen LogP contribution is 2.45. The fourth-order valence-corrected chi connectivity index (χ4v) is 7.84. The van der Waals surface area contributed by atoms with Crippen LogP contribution in [0.3, 0.4) is 0 Å². The number of fused-ring (bicyclic) bond motifs is 7. The summed E-state index contributed by atoms with van der Waals surface area (Å²) in [6.07, 6.45) is 0. The minimum absolute atomic E-state index is 0.923. The Balaban J connectivity index is 1.16. The third-order valence-electron chi connectivity index (χ3n) is 10.1. The summed E-state index contributed by atoms with van der Waals surface area (Å²) in [5.41, 5.74) is 11.7. The molecule has 1 aromatic heterocycles. The Labute approximate surface area is 284 Å². The summed E-state index contributed by atoms with van der Waals surface area (Å²) in [6.45, 7) is 0. The molecule has 0 bridgehead atoms. The monoisotopic (exact) mass is 622 g/mol. The Morgan fingerprint density at radius 3 is 1.45 bits per heavy atom. The summed E-state index contributed by atoms with van der Waals surface area (Å²) < 4.78 is 6.42. The van der Waals surface area contributed by atoms with Gasteiger partial charge in [0.15, 0.2) is 0 Å². The molecule has 0 aliphatic heterocycles. The van der Waals surface area contributed by atoms with Crippen molar-refractivity contribution in [3.05, 3.63) is 182 Å². The highest BCUT2D eigenvalue weighted by molar-refractivity contribution is 6.22. The van der Waals surface area contributed by atoms with Crippen LogP contribution >= 0.6 is 0 Å². The Bertz CT molecular complexity index is 2800. The van der Waals surface area contributed by atoms with Gasteiger partial charge < -0.3 is 4.42 Å². The first kappa shape index (κ1) is 27.7. The second-order valence-corrected chi connectivity index (χ2v) is 12.8. The van der Waals surface area contributed by atoms with E-state index in [1.165, 1.54) is 71.4 Å². The molecule has 0 saturated carbocycles. The molecule has 0 unspecified atom stereocenters. The van der Waals surface area contributed by atoms with Crippen LogP contribution in [-0.4, -0.2) is 0 Å². The molecule has 228 valence electrons. The lowest BCUT2D eigenvalue weighted by atomic mass is 9.85. The molecule has 0 aliphatic rings. The average Bonchev–Trinajstić information content (AvgIpc) is 3.56. The quantitative estimate of drug-likeness (QED) is 0.178. The number of benzene rings is 9. The van der Waals surface area contributed by atoms with Gasteiger partial charge >= 0.3 is 0 Å². The summed E-state index contributed by atoms with van der Waals surface area (Å²) in [4.78, 5) is 0. The van der Waals surface area contributed by atoms with Gasteiger partial charge in [0, 0.05) is 16.2 Å². The molecule has 1 heteroatoms. The topological polar surface area (TPSA) is 13.1 Å². The van der Waals surface area contributed by atoms with Gasteiger partial charge in [-0.25, -0.2) is 0 Å². The van der Waals surface area contributed by atoms with Crippen LogP contribution in [0.5, 0.6) is 0 Å². The lowest BCUT2D eigenvalue weighted by Crippen LogP contribution is -1.91. The molecule has 10 aromatic rings. The summed E-state index contributed by atoms with van der Waals surface area (Å²) in [5.74, 6) is 0. The zero-order valence-corrected chi connectivity index (χ0v) is 26.7. The van der Waals surface area contributed by atoms with Crippen LogP contribution in [0.1, 0.15) is 0 Å². The summed E-state index contributed by atoms with van der Waals surface area (Å²) in [5, 5.41) is 9.65. The largest absolute Gasteiger partial charge is 0.455 e. The molecule has 0 saturated heterocycles. The van der Waals surface area contributed by atoms with E-state index in [-0.39, 0.29) is 0 Å². The van der Waals surface area contributed by atoms with E-state index < -0.39 is 0 Å². The molecule has 10 rings (SSSR count). The number of hydrogen-bond donors (Lipinski definition) is 0. The lowest BCUT2D eigenvalue weighted by Gasteiger charge is -2.18. The molecule has 0 atom stereocenters. The fourth-order valence-electron chi connectivity index (χ4n) is 7.84. The van der Waals surface area contributed by atoms with Crippen molar-refractivity contribution in [2.75, 3.05) is 0 Å². The number of rotatable bonds is 4. The van der Waals surface area contributed by atoms with Gasteiger partial charge in [-0.05, 0) is 89.6 Å². The highest BCUT2D eigenvalue weighted by Gasteiger charge is 2.18. The standard InChI is InChI=1S/C48H30O/c1-2-12-31(13-3-1)32-24-26-33(27-25-32)46-39-17-4-6-19-41(39)47(42-20-7-5-18-40(42)46)35-15-10-14-34(30-35)36-21-11-22-43-37(36)28-29-44-38-16-8-9-23-45(38)49-48(43)44/h1-30H. The molecule has 1 heterocycles. The maximum absolute atomic E-state index is 6.42. The smallest absolute Gasteiger partial charge is 0.143 e. The van der Waals surface area contributed by atoms with Crippen molar-refractivity contribution in [1.82, 2.24) is 0 Å². The maximum Gasteiger partial charge on any atom is 0.143 e. The van der Waals surface area contributed by atoms with E-state index in [9.17, 15) is 0 Å². The zero-order valence-electron chi connectivity index (χ0n) is 26.7. The van der Waals surface area contributed by atoms with E-state index in [1.807, 2.05) is 12.1 Å². The predicted octanol–water partition coefficient (Wildman–Crippen LogP) is 13.7. The molecule has 49 heavy (non-hydrogen) atoms. The Kier molecular flexibility index (Phi) is 6.25. The van der Waals surface area contributed by atoms with Gasteiger partial charge in [-0.2, -0.15) is 0 Å². The summed E-state index contributed by atoms with van der Waals surface area (Å²) in [7, 11) is 0. The second kappa shape index (κ2) is 11.1. The molecule has 0 spiro atoms. The third-order valence-corrected chi connectivity index (χ3v) is 10.1. The highest BCUT2D eigenvalue weighted by atomic mass is 16.3. The van der Waals surface area contributed by atoms with Crippen molar-refractivity contribution < 1.29 is 4.42 Å². The second-order valence-electron chi connectivity index (χ2n) is 12.8. The van der Waals surface area contributed by atoms with E-state index in [2.05, 4.69) is 170 Å². The molecule has 9 aromatic carbocycles. The normalized spacial score (nSPS) is 11.7. The van der Waals surface area contributed by atoms with E-state index in [4.69, 9.17) is 4.42 Å². The Morgan fingerprint density at radius 2 is 0.735 bits per heavy atom. The van der Waals surface area contributed by atoms with Crippen LogP contribution in [0.2, 0.25) is 0 Å². The molecule has 0 aliphatic carbocycles. The van der Waals surface area contributed by atoms with Crippen LogP contribution in [0.25, 0.3) is 98.8 Å². The molecule has 0 radical (unpaired) electrons. The van der Waals surface area contributed by atoms with Gasteiger partial charge in [-0.15, -0.1) is 0 Å². The van der Waals surface area contributed by atoms with E-state index in [0.29, 0.717) is 0 Å². The van der Waals surface area contributed by atoms with Crippen molar-refractivity contribution in [3.63, 3.8) is 0 Å². The number of furan rings is 1. The van der Waals surface area contributed by atoms with Gasteiger partial charge in [0.05, 0.1) is 0 Å². The first-order chi connectivity index (χ1) is 24.3. The van der Waals surface area contributed by atoms with Gasteiger partial charge in [0.1, 0.15) is 11.2 Å². The first-order valence-corrected chi connectivity index (χ1v) is 16.8. The van der Waals surface area contributed by atoms with Crippen LogP contribution < -0.4 is 0 Å². The maximum atomic E-state index is 6.42. The van der Waals surface area contributed by atoms with E-state index in [1.54, 1.807) is 0 Å². The average molecular weight is 623 g/mol. The lowest BCUT2D eigenvalue weighted by molar-refractivity contribution is 0.672. The number of para-hydroxylation sites is 1. The first-order valence-electron chi connectivity index (χ1n) is 16.8. The van der Waals surface area contributed by atoms with Crippen LogP contribution in [-0.2, 0) is 0 Å². The van der Waals surface area contributed by atoms with Crippen LogP contribution in [0, 0.1) is 0 Å². The fraction of sp³-hybridized carbons (Fsp3) is 0. The van der Waals surface area contributed by atoms with Crippen molar-refractivity contribution in [1.29, 1.82) is 0 Å². The van der Waals surface area contributed by atoms with E-state index in [0.717, 1.165) is 27.3 Å². The molecular formula is C48H30O. The Hall–Kier alpha value is -6.44. The van der Waals surface area contributed by atoms with Gasteiger partial charge in [-0.3, -0.25) is 0 Å². The summed E-state index contributed by atoms with van der Waals surface area (Å²) in [6, 6.07) is 65.8. The van der Waals surface area contributed by atoms with Gasteiger partial charge in [0.2, 0.25) is 0 Å². The molecule has 1 nitrogen and oxygen atoms in total. The van der Waals surface area contributed by atoms with Crippen LogP contribution in [0.4, 0.5) is 0 Å². The minimum atomic E-state index is 0.923. The minimum Gasteiger partial charge on any atom is -0.455 e. The van der Waals surface area contributed by atoms with Crippen molar-refractivity contribution in [2.24, 2.45) is 0 Å².